The van der Waals surface area contributed by atoms with E-state index in [1.54, 1.807) is 13.3 Å². The van der Waals surface area contributed by atoms with Gasteiger partial charge < -0.3 is 15.8 Å². The monoisotopic (exact) mass is 265 g/mol. The maximum Gasteiger partial charge on any atom is 0.140 e. The molecule has 0 spiro atoms. The van der Waals surface area contributed by atoms with Crippen molar-refractivity contribution in [1.82, 2.24) is 4.98 Å². The third-order valence-corrected chi connectivity index (χ3v) is 3.18. The van der Waals surface area contributed by atoms with Crippen LogP contribution in [0.3, 0.4) is 0 Å². The first-order valence-electron chi connectivity index (χ1n) is 6.32. The molecule has 3 aromatic rings. The van der Waals surface area contributed by atoms with Crippen LogP contribution < -0.4 is 15.8 Å². The zero-order valence-electron chi connectivity index (χ0n) is 11.1. The minimum absolute atomic E-state index is 0.714. The van der Waals surface area contributed by atoms with Gasteiger partial charge in [0.05, 0.1) is 7.11 Å². The van der Waals surface area contributed by atoms with E-state index in [0.29, 0.717) is 5.69 Å². The van der Waals surface area contributed by atoms with Gasteiger partial charge in [0, 0.05) is 23.0 Å². The van der Waals surface area contributed by atoms with E-state index in [0.717, 1.165) is 28.0 Å². The molecule has 0 bridgehead atoms. The number of rotatable bonds is 3. The van der Waals surface area contributed by atoms with Crippen LogP contribution in [0.4, 0.5) is 17.2 Å². The van der Waals surface area contributed by atoms with Crippen LogP contribution in [0, 0.1) is 0 Å². The molecular weight excluding hydrogens is 250 g/mol. The van der Waals surface area contributed by atoms with E-state index in [4.69, 9.17) is 10.5 Å². The molecule has 0 saturated carbocycles. The number of ether oxygens (including phenoxy) is 1. The Balaban J connectivity index is 2.01. The van der Waals surface area contributed by atoms with Crippen molar-refractivity contribution in [1.29, 1.82) is 0 Å². The van der Waals surface area contributed by atoms with Gasteiger partial charge in [-0.25, -0.2) is 4.98 Å². The average molecular weight is 265 g/mol. The molecule has 1 aromatic heterocycles. The molecule has 3 N–H and O–H groups in total. The Hall–Kier alpha value is -2.75. The maximum absolute atomic E-state index is 6.06. The molecule has 3 rings (SSSR count). The van der Waals surface area contributed by atoms with Gasteiger partial charge in [-0.1, -0.05) is 12.1 Å². The molecule has 1 heterocycles. The lowest BCUT2D eigenvalue weighted by Crippen LogP contribution is -1.97. The second-order valence-electron chi connectivity index (χ2n) is 4.46. The van der Waals surface area contributed by atoms with E-state index in [9.17, 15) is 0 Å². The molecule has 0 aliphatic carbocycles. The predicted octanol–water partition coefficient (Wildman–Crippen LogP) is 3.57. The minimum Gasteiger partial charge on any atom is -0.497 e. The molecular formula is C16H15N3O. The summed E-state index contributed by atoms with van der Waals surface area (Å²) in [6.45, 7) is 0. The van der Waals surface area contributed by atoms with Crippen LogP contribution in [0.2, 0.25) is 0 Å². The summed E-state index contributed by atoms with van der Waals surface area (Å²) in [4.78, 5) is 4.38. The van der Waals surface area contributed by atoms with Gasteiger partial charge in [-0.05, 0) is 41.8 Å². The fraction of sp³-hybridized carbons (Fsp3) is 0.0625. The molecule has 0 aliphatic heterocycles. The lowest BCUT2D eigenvalue weighted by Gasteiger charge is -2.11. The number of hydrogen-bond donors (Lipinski definition) is 2. The number of pyridine rings is 1. The second kappa shape index (κ2) is 5.09. The normalized spacial score (nSPS) is 10.4. The number of nitrogen functional groups attached to an aromatic ring is 1. The number of nitrogens with one attached hydrogen (secondary N) is 1. The molecule has 2 aromatic carbocycles. The predicted molar refractivity (Wildman–Crippen MR) is 82.4 cm³/mol. The van der Waals surface area contributed by atoms with Gasteiger partial charge >= 0.3 is 0 Å². The minimum atomic E-state index is 0.714. The van der Waals surface area contributed by atoms with Gasteiger partial charge in [0.2, 0.25) is 0 Å². The highest BCUT2D eigenvalue weighted by atomic mass is 16.5. The quantitative estimate of drug-likeness (QED) is 0.711. The van der Waals surface area contributed by atoms with Gasteiger partial charge in [-0.15, -0.1) is 0 Å². The number of benzene rings is 2. The van der Waals surface area contributed by atoms with E-state index in [1.807, 2.05) is 48.5 Å². The van der Waals surface area contributed by atoms with Crippen LogP contribution >= 0.6 is 0 Å². The molecule has 0 aliphatic rings. The van der Waals surface area contributed by atoms with Crippen LogP contribution in [0.25, 0.3) is 10.8 Å². The molecule has 0 saturated heterocycles. The SMILES string of the molecule is COc1ccc(Nc2nccc3cccc(N)c23)cc1. The lowest BCUT2D eigenvalue weighted by atomic mass is 10.1. The molecule has 20 heavy (non-hydrogen) atoms. The molecule has 0 atom stereocenters. The Labute approximate surface area is 117 Å². The highest BCUT2D eigenvalue weighted by molar-refractivity contribution is 6.01. The van der Waals surface area contributed by atoms with E-state index in [2.05, 4.69) is 10.3 Å². The molecule has 0 fully saturated rings. The van der Waals surface area contributed by atoms with Crippen molar-refractivity contribution in [2.75, 3.05) is 18.2 Å². The highest BCUT2D eigenvalue weighted by Gasteiger charge is 2.06. The molecule has 0 amide bonds. The van der Waals surface area contributed by atoms with Crippen LogP contribution in [-0.2, 0) is 0 Å². The first kappa shape index (κ1) is 12.3. The Kier molecular flexibility index (Phi) is 3.13. The summed E-state index contributed by atoms with van der Waals surface area (Å²) >= 11 is 0. The Morgan fingerprint density at radius 1 is 1.05 bits per heavy atom. The Morgan fingerprint density at radius 3 is 2.60 bits per heavy atom. The maximum atomic E-state index is 6.06. The van der Waals surface area contributed by atoms with Crippen molar-refractivity contribution in [2.45, 2.75) is 0 Å². The fourth-order valence-corrected chi connectivity index (χ4v) is 2.16. The Bertz CT molecular complexity index is 733. The summed E-state index contributed by atoms with van der Waals surface area (Å²) in [6.07, 6.45) is 1.77. The lowest BCUT2D eigenvalue weighted by molar-refractivity contribution is 0.415. The van der Waals surface area contributed by atoms with Crippen molar-refractivity contribution in [3.05, 3.63) is 54.7 Å². The van der Waals surface area contributed by atoms with Crippen molar-refractivity contribution < 1.29 is 4.74 Å². The van der Waals surface area contributed by atoms with E-state index in [-0.39, 0.29) is 0 Å². The van der Waals surface area contributed by atoms with Gasteiger partial charge in [0.1, 0.15) is 11.6 Å². The van der Waals surface area contributed by atoms with Crippen LogP contribution in [0.15, 0.2) is 54.7 Å². The number of nitrogens with two attached hydrogens (primary N) is 1. The topological polar surface area (TPSA) is 60.2 Å². The van der Waals surface area contributed by atoms with Gasteiger partial charge in [0.25, 0.3) is 0 Å². The molecule has 0 unspecified atom stereocenters. The standard InChI is InChI=1S/C16H15N3O/c1-20-13-7-5-12(6-8-13)19-16-15-11(9-10-18-16)3-2-4-14(15)17/h2-10H,17H2,1H3,(H,18,19). The van der Waals surface area contributed by atoms with E-state index < -0.39 is 0 Å². The Morgan fingerprint density at radius 2 is 1.85 bits per heavy atom. The highest BCUT2D eigenvalue weighted by Crippen LogP contribution is 2.29. The number of nitrogens with zero attached hydrogens (tertiary/aromatic N) is 1. The number of aromatic nitrogens is 1. The number of anilines is 3. The first-order valence-corrected chi connectivity index (χ1v) is 6.32. The summed E-state index contributed by atoms with van der Waals surface area (Å²) in [5.74, 6) is 1.58. The van der Waals surface area contributed by atoms with Crippen molar-refractivity contribution in [3.8, 4) is 5.75 Å². The summed E-state index contributed by atoms with van der Waals surface area (Å²) in [5, 5.41) is 5.29. The molecule has 100 valence electrons. The third kappa shape index (κ3) is 2.23. The van der Waals surface area contributed by atoms with E-state index in [1.165, 1.54) is 0 Å². The second-order valence-corrected chi connectivity index (χ2v) is 4.46. The van der Waals surface area contributed by atoms with Gasteiger partial charge in [0.15, 0.2) is 0 Å². The first-order chi connectivity index (χ1) is 9.78. The summed E-state index contributed by atoms with van der Waals surface area (Å²) in [5.41, 5.74) is 7.71. The summed E-state index contributed by atoms with van der Waals surface area (Å²) < 4.78 is 5.15. The van der Waals surface area contributed by atoms with Crippen LogP contribution in [-0.4, -0.2) is 12.1 Å². The van der Waals surface area contributed by atoms with Gasteiger partial charge in [-0.3, -0.25) is 0 Å². The van der Waals surface area contributed by atoms with Crippen molar-refractivity contribution >= 4 is 28.0 Å². The van der Waals surface area contributed by atoms with Crippen LogP contribution in [0.1, 0.15) is 0 Å². The zero-order valence-corrected chi connectivity index (χ0v) is 11.1. The zero-order chi connectivity index (χ0) is 13.9. The summed E-state index contributed by atoms with van der Waals surface area (Å²) in [6, 6.07) is 15.5. The third-order valence-electron chi connectivity index (χ3n) is 3.18. The van der Waals surface area contributed by atoms with Crippen molar-refractivity contribution in [3.63, 3.8) is 0 Å². The van der Waals surface area contributed by atoms with Crippen LogP contribution in [0.5, 0.6) is 5.75 Å². The molecule has 4 nitrogen and oxygen atoms in total. The number of hydrogen-bond acceptors (Lipinski definition) is 4. The van der Waals surface area contributed by atoms with E-state index >= 15 is 0 Å². The number of fused-ring (bicyclic) bond motifs is 1. The fourth-order valence-electron chi connectivity index (χ4n) is 2.16. The van der Waals surface area contributed by atoms with Crippen molar-refractivity contribution in [2.24, 2.45) is 0 Å². The smallest absolute Gasteiger partial charge is 0.140 e. The molecule has 4 heteroatoms. The average Bonchev–Trinajstić information content (AvgIpc) is 2.48. The summed E-state index contributed by atoms with van der Waals surface area (Å²) in [7, 11) is 1.65. The number of methoxy groups -OCH3 is 1. The van der Waals surface area contributed by atoms with Gasteiger partial charge in [-0.2, -0.15) is 0 Å². The molecule has 0 radical (unpaired) electrons. The largest absolute Gasteiger partial charge is 0.497 e.